The molecule has 2 heterocycles. The Morgan fingerprint density at radius 1 is 0.277 bits per heavy atom. The van der Waals surface area contributed by atoms with Gasteiger partial charge < -0.3 is 0 Å². The molecule has 2 aliphatic carbocycles. The van der Waals surface area contributed by atoms with Crippen LogP contribution in [-0.4, -0.2) is 0 Å². The second kappa shape index (κ2) is 10.4. The van der Waals surface area contributed by atoms with E-state index in [1.807, 2.05) is 22.7 Å². The Morgan fingerprint density at radius 2 is 0.638 bits per heavy atom. The van der Waals surface area contributed by atoms with Gasteiger partial charge in [0.05, 0.1) is 5.41 Å². The average molecular weight is 633 g/mol. The molecular weight excluding hydrogens is 605 g/mol. The molecule has 1 spiro atoms. The van der Waals surface area contributed by atoms with Gasteiger partial charge in [-0.15, -0.1) is 22.7 Å². The molecule has 6 aromatic carbocycles. The lowest BCUT2D eigenvalue weighted by Crippen LogP contribution is -2.26. The highest BCUT2D eigenvalue weighted by Gasteiger charge is 2.51. The first kappa shape index (κ1) is 26.9. The van der Waals surface area contributed by atoms with E-state index < -0.39 is 0 Å². The van der Waals surface area contributed by atoms with Gasteiger partial charge in [0.2, 0.25) is 0 Å². The van der Waals surface area contributed by atoms with Gasteiger partial charge in [0.1, 0.15) is 0 Å². The standard InChI is InChI=1S/C45H28S2/c1-3-11-29(12-4-1)41-23-25-43(46-41)31-19-21-35-36-22-20-32(44-26-24-42(47-44)30-13-5-2-6-14-30)28-40(36)45(39(35)27-31)37-17-9-7-15-33(37)34-16-8-10-18-38(34)45/h1-28H. The molecule has 0 N–H and O–H groups in total. The highest BCUT2D eigenvalue weighted by atomic mass is 32.1. The fourth-order valence-corrected chi connectivity index (χ4v) is 9.96. The summed E-state index contributed by atoms with van der Waals surface area (Å²) in [5, 5.41) is 0. The number of hydrogen-bond donors (Lipinski definition) is 0. The van der Waals surface area contributed by atoms with Crippen molar-refractivity contribution in [2.45, 2.75) is 5.41 Å². The highest BCUT2D eigenvalue weighted by molar-refractivity contribution is 7.19. The molecule has 8 aromatic rings. The summed E-state index contributed by atoms with van der Waals surface area (Å²) in [5.74, 6) is 0. The SMILES string of the molecule is c1ccc(-c2ccc(-c3ccc4c(c3)C3(c5ccccc5-c5ccccc53)c3cc(-c5ccc(-c6ccccc6)s5)ccc3-4)s2)cc1. The lowest BCUT2D eigenvalue weighted by molar-refractivity contribution is 0.794. The molecule has 0 bridgehead atoms. The first-order chi connectivity index (χ1) is 23.3. The van der Waals surface area contributed by atoms with Gasteiger partial charge in [0, 0.05) is 19.5 Å². The van der Waals surface area contributed by atoms with Crippen molar-refractivity contribution < 1.29 is 0 Å². The minimum absolute atomic E-state index is 0.386. The molecule has 0 nitrogen and oxygen atoms in total. The maximum atomic E-state index is 2.49. The molecule has 0 fully saturated rings. The molecule has 2 aromatic heterocycles. The first-order valence-corrected chi connectivity index (χ1v) is 17.7. The fraction of sp³-hybridized carbons (Fsp3) is 0.0222. The summed E-state index contributed by atoms with van der Waals surface area (Å²) < 4.78 is 0. The van der Waals surface area contributed by atoms with E-state index in [9.17, 15) is 0 Å². The van der Waals surface area contributed by atoms with Crippen LogP contribution >= 0.6 is 22.7 Å². The van der Waals surface area contributed by atoms with Crippen molar-refractivity contribution >= 4 is 22.7 Å². The monoisotopic (exact) mass is 632 g/mol. The summed E-state index contributed by atoms with van der Waals surface area (Å²) in [7, 11) is 0. The van der Waals surface area contributed by atoms with Crippen LogP contribution in [0.15, 0.2) is 170 Å². The molecule has 0 radical (unpaired) electrons. The fourth-order valence-electron chi connectivity index (χ4n) is 7.95. The quantitative estimate of drug-likeness (QED) is 0.181. The summed E-state index contributed by atoms with van der Waals surface area (Å²) in [6.07, 6.45) is 0. The Bertz CT molecular complexity index is 2290. The van der Waals surface area contributed by atoms with Gasteiger partial charge >= 0.3 is 0 Å². The van der Waals surface area contributed by atoms with E-state index in [0.29, 0.717) is 0 Å². The van der Waals surface area contributed by atoms with Crippen LogP contribution < -0.4 is 0 Å². The van der Waals surface area contributed by atoms with Crippen LogP contribution in [0, 0.1) is 0 Å². The minimum Gasteiger partial charge on any atom is -0.135 e. The Hall–Kier alpha value is -5.28. The molecule has 2 aliphatic rings. The topological polar surface area (TPSA) is 0 Å². The van der Waals surface area contributed by atoms with Gasteiger partial charge in [-0.3, -0.25) is 0 Å². The maximum Gasteiger partial charge on any atom is 0.0725 e. The van der Waals surface area contributed by atoms with Crippen LogP contribution in [0.25, 0.3) is 64.0 Å². The van der Waals surface area contributed by atoms with Crippen LogP contribution in [0.5, 0.6) is 0 Å². The number of hydrogen-bond acceptors (Lipinski definition) is 2. The zero-order chi connectivity index (χ0) is 31.0. The van der Waals surface area contributed by atoms with Crippen molar-refractivity contribution in [1.29, 1.82) is 0 Å². The van der Waals surface area contributed by atoms with Gasteiger partial charge in [0.15, 0.2) is 0 Å². The minimum atomic E-state index is -0.386. The molecule has 220 valence electrons. The van der Waals surface area contributed by atoms with Crippen molar-refractivity contribution in [3.8, 4) is 64.0 Å². The van der Waals surface area contributed by atoms with Crippen molar-refractivity contribution in [2.24, 2.45) is 0 Å². The molecule has 0 amide bonds. The Balaban J connectivity index is 1.19. The zero-order valence-electron chi connectivity index (χ0n) is 25.5. The van der Waals surface area contributed by atoms with Crippen LogP contribution in [0.2, 0.25) is 0 Å². The van der Waals surface area contributed by atoms with E-state index in [4.69, 9.17) is 0 Å². The number of benzene rings is 6. The van der Waals surface area contributed by atoms with Gasteiger partial charge in [-0.1, -0.05) is 133 Å². The summed E-state index contributed by atoms with van der Waals surface area (Å²) >= 11 is 3.74. The maximum absolute atomic E-state index is 2.49. The molecule has 0 aliphatic heterocycles. The van der Waals surface area contributed by atoms with E-state index in [-0.39, 0.29) is 5.41 Å². The van der Waals surface area contributed by atoms with Crippen molar-refractivity contribution in [3.63, 3.8) is 0 Å². The van der Waals surface area contributed by atoms with Crippen LogP contribution in [0.1, 0.15) is 22.3 Å². The number of thiophene rings is 2. The lowest BCUT2D eigenvalue weighted by Gasteiger charge is -2.31. The van der Waals surface area contributed by atoms with E-state index in [2.05, 4.69) is 170 Å². The summed E-state index contributed by atoms with van der Waals surface area (Å²) in [6, 6.07) is 63.1. The smallest absolute Gasteiger partial charge is 0.0725 e. The largest absolute Gasteiger partial charge is 0.135 e. The zero-order valence-corrected chi connectivity index (χ0v) is 27.1. The van der Waals surface area contributed by atoms with Gasteiger partial charge in [-0.05, 0) is 103 Å². The average Bonchev–Trinajstić information content (AvgIpc) is 3.94. The van der Waals surface area contributed by atoms with E-state index >= 15 is 0 Å². The van der Waals surface area contributed by atoms with Crippen molar-refractivity contribution in [2.75, 3.05) is 0 Å². The number of rotatable bonds is 4. The molecular formula is C45H28S2. The van der Waals surface area contributed by atoms with Crippen LogP contribution in [0.3, 0.4) is 0 Å². The molecule has 2 heteroatoms. The third-order valence-corrected chi connectivity index (χ3v) is 12.4. The number of fused-ring (bicyclic) bond motifs is 10. The molecule has 0 saturated carbocycles. The van der Waals surface area contributed by atoms with E-state index in [1.54, 1.807) is 0 Å². The summed E-state index contributed by atoms with van der Waals surface area (Å²) in [6.45, 7) is 0. The van der Waals surface area contributed by atoms with Crippen molar-refractivity contribution in [3.05, 3.63) is 192 Å². The van der Waals surface area contributed by atoms with Crippen LogP contribution in [-0.2, 0) is 5.41 Å². The van der Waals surface area contributed by atoms with E-state index in [0.717, 1.165) is 0 Å². The Kier molecular flexibility index (Phi) is 5.93. The normalized spacial score (nSPS) is 13.3. The highest BCUT2D eigenvalue weighted by Crippen LogP contribution is 2.63. The Labute approximate surface area is 282 Å². The first-order valence-electron chi connectivity index (χ1n) is 16.1. The molecule has 0 atom stereocenters. The molecule has 47 heavy (non-hydrogen) atoms. The van der Waals surface area contributed by atoms with Gasteiger partial charge in [-0.25, -0.2) is 0 Å². The molecule has 0 unspecified atom stereocenters. The summed E-state index contributed by atoms with van der Waals surface area (Å²) in [5.41, 5.74) is 15.5. The Morgan fingerprint density at radius 3 is 1.09 bits per heavy atom. The van der Waals surface area contributed by atoms with Gasteiger partial charge in [0.25, 0.3) is 0 Å². The predicted octanol–water partition coefficient (Wildman–Crippen LogP) is 12.8. The molecule has 0 saturated heterocycles. The van der Waals surface area contributed by atoms with Crippen LogP contribution in [0.4, 0.5) is 0 Å². The lowest BCUT2D eigenvalue weighted by atomic mass is 9.70. The second-order valence-electron chi connectivity index (χ2n) is 12.4. The van der Waals surface area contributed by atoms with Gasteiger partial charge in [-0.2, -0.15) is 0 Å². The predicted molar refractivity (Wildman–Crippen MR) is 200 cm³/mol. The third-order valence-electron chi connectivity index (χ3n) is 9.99. The second-order valence-corrected chi connectivity index (χ2v) is 14.6. The third kappa shape index (κ3) is 3.92. The van der Waals surface area contributed by atoms with Crippen molar-refractivity contribution in [1.82, 2.24) is 0 Å². The molecule has 10 rings (SSSR count). The summed E-state index contributed by atoms with van der Waals surface area (Å²) in [4.78, 5) is 5.19. The van der Waals surface area contributed by atoms with E-state index in [1.165, 1.54) is 86.3 Å².